The quantitative estimate of drug-likeness (QED) is 0.146. The van der Waals surface area contributed by atoms with E-state index in [1.54, 1.807) is 0 Å². The van der Waals surface area contributed by atoms with Crippen LogP contribution in [0.3, 0.4) is 0 Å². The molecule has 454 valence electrons. The molecule has 0 aliphatic heterocycles. The van der Waals surface area contributed by atoms with Gasteiger partial charge in [0.2, 0.25) is 5.95 Å². The van der Waals surface area contributed by atoms with Gasteiger partial charge < -0.3 is 13.4 Å². The molecule has 11 nitrogen and oxygen atoms in total. The average molecular weight is 1250 g/mol. The number of pyridine rings is 4. The summed E-state index contributed by atoms with van der Waals surface area (Å²) in [6, 6.07) is 95.6. The molecule has 98 heavy (non-hydrogen) atoms. The molecule has 9 aromatic heterocycles. The lowest BCUT2D eigenvalue weighted by Gasteiger charge is -2.15. The first-order chi connectivity index (χ1) is 48.5. The van der Waals surface area contributed by atoms with Crippen LogP contribution in [0.25, 0.3) is 210 Å². The molecule has 0 unspecified atom stereocenters. The Bertz CT molecular complexity index is 6640. The highest BCUT2D eigenvalue weighted by atomic mass is 16.3. The molecule has 0 amide bonds. The van der Waals surface area contributed by atoms with Gasteiger partial charge in [-0.3, -0.25) is 24.5 Å². The van der Waals surface area contributed by atoms with Crippen LogP contribution < -0.4 is 0 Å². The van der Waals surface area contributed by atoms with Crippen LogP contribution in [0, 0.1) is 0 Å². The van der Waals surface area contributed by atoms with Crippen molar-refractivity contribution in [1.82, 2.24) is 44.0 Å². The lowest BCUT2D eigenvalue weighted by atomic mass is 9.98. The maximum atomic E-state index is 6.55. The predicted octanol–water partition coefficient (Wildman–Crippen LogP) is 22.1. The van der Waals surface area contributed by atoms with Crippen molar-refractivity contribution in [3.63, 3.8) is 0 Å². The van der Waals surface area contributed by atoms with E-state index in [1.165, 1.54) is 0 Å². The van der Waals surface area contributed by atoms with Gasteiger partial charge in [0.1, 0.15) is 22.3 Å². The lowest BCUT2D eigenvalue weighted by molar-refractivity contribution is 0.669. The monoisotopic (exact) mass is 1250 g/mol. The SMILES string of the molecule is c1ccc(-c2cnc3cc(-c4cc(-c5cnc6cc(-c7ccccc7)cnc6c5)cc(-n5c6ccccc6c6c7c8ccccc8n(-c8nc(-c9ccc%10oc%11ccc%12ccccc%12c%11c%10c9)nc(-c9ccc%10oc%11ccc%12ccccc%12c%11c%10c9)n8)c7ccc65)c4)cnc3c2)cc1. The van der Waals surface area contributed by atoms with Crippen LogP contribution in [0.4, 0.5) is 0 Å². The van der Waals surface area contributed by atoms with E-state index in [4.69, 9.17) is 43.7 Å². The van der Waals surface area contributed by atoms with E-state index >= 15 is 0 Å². The second-order valence-electron chi connectivity index (χ2n) is 25.3. The van der Waals surface area contributed by atoms with Crippen molar-refractivity contribution in [3.05, 3.63) is 298 Å². The molecule has 0 aliphatic carbocycles. The Morgan fingerprint density at radius 1 is 0.235 bits per heavy atom. The number of hydrogen-bond donors (Lipinski definition) is 0. The zero-order valence-electron chi connectivity index (χ0n) is 52.1. The van der Waals surface area contributed by atoms with Crippen molar-refractivity contribution in [2.24, 2.45) is 0 Å². The van der Waals surface area contributed by atoms with Gasteiger partial charge in [-0.15, -0.1) is 0 Å². The molecule has 11 heteroatoms. The molecule has 12 aromatic carbocycles. The summed E-state index contributed by atoms with van der Waals surface area (Å²) in [5.41, 5.74) is 21.1. The van der Waals surface area contributed by atoms with Crippen LogP contribution in [0.15, 0.2) is 307 Å². The van der Waals surface area contributed by atoms with Crippen molar-refractivity contribution in [3.8, 4) is 78.9 Å². The maximum Gasteiger partial charge on any atom is 0.238 e. The first kappa shape index (κ1) is 53.9. The zero-order chi connectivity index (χ0) is 64.1. The van der Waals surface area contributed by atoms with Crippen LogP contribution in [-0.2, 0) is 0 Å². The third kappa shape index (κ3) is 8.39. The van der Waals surface area contributed by atoms with Crippen molar-refractivity contribution in [2.75, 3.05) is 0 Å². The first-order valence-corrected chi connectivity index (χ1v) is 32.7. The number of furan rings is 2. The van der Waals surface area contributed by atoms with Gasteiger partial charge in [-0.2, -0.15) is 9.97 Å². The topological polar surface area (TPSA) is 126 Å². The summed E-state index contributed by atoms with van der Waals surface area (Å²) >= 11 is 0. The Morgan fingerprint density at radius 2 is 0.633 bits per heavy atom. The third-order valence-electron chi connectivity index (χ3n) is 19.7. The van der Waals surface area contributed by atoms with Crippen LogP contribution >= 0.6 is 0 Å². The molecular formula is C87H49N9O2. The van der Waals surface area contributed by atoms with Gasteiger partial charge in [0.15, 0.2) is 11.6 Å². The smallest absolute Gasteiger partial charge is 0.238 e. The van der Waals surface area contributed by atoms with E-state index in [0.29, 0.717) is 17.6 Å². The summed E-state index contributed by atoms with van der Waals surface area (Å²) in [4.78, 5) is 36.8. The molecule has 0 N–H and O–H groups in total. The summed E-state index contributed by atoms with van der Waals surface area (Å²) in [5.74, 6) is 1.52. The normalized spacial score (nSPS) is 12.1. The molecule has 0 bridgehead atoms. The number of hydrogen-bond acceptors (Lipinski definition) is 9. The highest BCUT2D eigenvalue weighted by molar-refractivity contribution is 6.29. The summed E-state index contributed by atoms with van der Waals surface area (Å²) in [5, 5.41) is 12.9. The van der Waals surface area contributed by atoms with Crippen LogP contribution in [0.1, 0.15) is 0 Å². The summed E-state index contributed by atoms with van der Waals surface area (Å²) in [6.07, 6.45) is 7.81. The molecule has 0 saturated heterocycles. The van der Waals surface area contributed by atoms with Gasteiger partial charge in [-0.1, -0.05) is 158 Å². The summed E-state index contributed by atoms with van der Waals surface area (Å²) in [6.45, 7) is 0. The van der Waals surface area contributed by atoms with Gasteiger partial charge in [0.05, 0.1) is 44.1 Å². The minimum atomic E-state index is 0.478. The summed E-state index contributed by atoms with van der Waals surface area (Å²) < 4.78 is 17.7. The minimum absolute atomic E-state index is 0.478. The minimum Gasteiger partial charge on any atom is -0.456 e. The van der Waals surface area contributed by atoms with Crippen LogP contribution in [0.5, 0.6) is 0 Å². The second-order valence-corrected chi connectivity index (χ2v) is 25.3. The highest BCUT2D eigenvalue weighted by Gasteiger charge is 2.25. The standard InChI is InChI=1S/C87H49N9O2/c1-3-15-50(16-4-1)58-42-69-71(88-46-58)44-60(48-90-69)56-37-57(61-45-72-70(91-49-61)43-59(47-89-72)51-17-5-2-6-18-51)39-62(38-56)95-73-25-13-11-23-65(73)83-75(95)31-32-76-84(83)66-24-12-14-26-74(66)96(76)87-93-85(54-29-33-77-67(40-54)81-63-21-9-7-19-52(63)27-35-79(81)97-77)92-86(94-87)55-30-34-78-68(41-55)82-64-22-10-8-20-53(64)28-36-80(82)98-78/h1-49H. The van der Waals surface area contributed by atoms with E-state index in [2.05, 4.69) is 234 Å². The Morgan fingerprint density at radius 3 is 1.11 bits per heavy atom. The van der Waals surface area contributed by atoms with E-state index < -0.39 is 0 Å². The predicted molar refractivity (Wildman–Crippen MR) is 397 cm³/mol. The number of para-hydroxylation sites is 2. The first-order valence-electron chi connectivity index (χ1n) is 32.7. The van der Waals surface area contributed by atoms with Crippen LogP contribution in [0.2, 0.25) is 0 Å². The van der Waals surface area contributed by atoms with Gasteiger partial charge in [0, 0.05) is 107 Å². The fraction of sp³-hybridized carbons (Fsp3) is 0. The van der Waals surface area contributed by atoms with E-state index in [0.717, 1.165) is 192 Å². The van der Waals surface area contributed by atoms with E-state index in [-0.39, 0.29) is 0 Å². The molecule has 0 atom stereocenters. The summed E-state index contributed by atoms with van der Waals surface area (Å²) in [7, 11) is 0. The Labute approximate surface area is 557 Å². The average Bonchev–Trinajstić information content (AvgIpc) is 1.55. The maximum absolute atomic E-state index is 6.55. The number of nitrogens with zero attached hydrogens (tertiary/aromatic N) is 9. The molecule has 9 heterocycles. The van der Waals surface area contributed by atoms with Crippen molar-refractivity contribution >= 4 is 131 Å². The number of rotatable bonds is 8. The number of aromatic nitrogens is 9. The molecule has 0 radical (unpaired) electrons. The highest BCUT2D eigenvalue weighted by Crippen LogP contribution is 2.45. The van der Waals surface area contributed by atoms with Crippen molar-refractivity contribution < 1.29 is 8.83 Å². The lowest BCUT2D eigenvalue weighted by Crippen LogP contribution is -2.06. The Hall–Kier alpha value is -13.5. The number of benzene rings is 12. The molecule has 0 fully saturated rings. The molecule has 21 rings (SSSR count). The Balaban J connectivity index is 0.780. The number of fused-ring (bicyclic) bond motifs is 19. The van der Waals surface area contributed by atoms with Crippen molar-refractivity contribution in [2.45, 2.75) is 0 Å². The largest absolute Gasteiger partial charge is 0.456 e. The second kappa shape index (κ2) is 21.0. The van der Waals surface area contributed by atoms with E-state index in [9.17, 15) is 0 Å². The zero-order valence-corrected chi connectivity index (χ0v) is 52.1. The third-order valence-corrected chi connectivity index (χ3v) is 19.7. The van der Waals surface area contributed by atoms with E-state index in [1.807, 2.05) is 73.3 Å². The fourth-order valence-corrected chi connectivity index (χ4v) is 15.1. The van der Waals surface area contributed by atoms with Gasteiger partial charge in [-0.25, -0.2) is 4.98 Å². The van der Waals surface area contributed by atoms with Crippen molar-refractivity contribution in [1.29, 1.82) is 0 Å². The molecule has 0 saturated carbocycles. The van der Waals surface area contributed by atoms with Crippen LogP contribution in [-0.4, -0.2) is 44.0 Å². The fourth-order valence-electron chi connectivity index (χ4n) is 15.1. The van der Waals surface area contributed by atoms with Gasteiger partial charge in [0.25, 0.3) is 0 Å². The van der Waals surface area contributed by atoms with Gasteiger partial charge in [-0.05, 0) is 159 Å². The molecule has 0 spiro atoms. The molecule has 21 aromatic rings. The van der Waals surface area contributed by atoms with Gasteiger partial charge >= 0.3 is 0 Å². The Kier molecular flexibility index (Phi) is 11.6. The molecule has 0 aliphatic rings. The molecular weight excluding hydrogens is 1200 g/mol.